The van der Waals surface area contributed by atoms with Crippen LogP contribution in [0, 0.1) is 11.8 Å². The summed E-state index contributed by atoms with van der Waals surface area (Å²) in [6.07, 6.45) is 4.05. The molecule has 1 aliphatic rings. The van der Waals surface area contributed by atoms with Crippen LogP contribution in [-0.4, -0.2) is 6.04 Å². The van der Waals surface area contributed by atoms with Crippen LogP contribution < -0.4 is 5.32 Å². The van der Waals surface area contributed by atoms with E-state index in [1.165, 1.54) is 35.6 Å². The van der Waals surface area contributed by atoms with Gasteiger partial charge in [-0.05, 0) is 60.4 Å². The third kappa shape index (κ3) is 3.29. The summed E-state index contributed by atoms with van der Waals surface area (Å²) in [6, 6.07) is 16.6. The quantitative estimate of drug-likeness (QED) is 0.803. The number of benzene rings is 2. The molecule has 112 valence electrons. The van der Waals surface area contributed by atoms with Crippen molar-refractivity contribution < 1.29 is 0 Å². The highest BCUT2D eigenvalue weighted by atomic mass is 15.0. The monoisotopic (exact) mass is 281 g/mol. The van der Waals surface area contributed by atoms with E-state index in [0.717, 1.165) is 11.8 Å². The summed E-state index contributed by atoms with van der Waals surface area (Å²) in [6.45, 7) is 7.09. The van der Waals surface area contributed by atoms with Crippen LogP contribution in [0.5, 0.6) is 0 Å². The number of nitrogens with one attached hydrogen (secondary N) is 1. The molecule has 3 rings (SSSR count). The number of hydrogen-bond acceptors (Lipinski definition) is 1. The van der Waals surface area contributed by atoms with Gasteiger partial charge in [0.1, 0.15) is 0 Å². The Kier molecular flexibility index (Phi) is 4.30. The molecule has 0 radical (unpaired) electrons. The minimum Gasteiger partial charge on any atom is -0.307 e. The van der Waals surface area contributed by atoms with Gasteiger partial charge in [0.05, 0.1) is 0 Å². The summed E-state index contributed by atoms with van der Waals surface area (Å²) < 4.78 is 0. The van der Waals surface area contributed by atoms with Crippen LogP contribution in [0.4, 0.5) is 0 Å². The Labute approximate surface area is 128 Å². The van der Waals surface area contributed by atoms with Crippen molar-refractivity contribution in [3.8, 4) is 0 Å². The molecule has 0 saturated heterocycles. The Morgan fingerprint density at radius 1 is 1.00 bits per heavy atom. The Hall–Kier alpha value is -1.34. The molecule has 0 spiro atoms. The standard InChI is InChI=1S/C20H27N/c1-14-8-11-20(15(2)12-14)21-16(3)18-10-9-17-6-4-5-7-19(17)13-18/h4-7,9-10,13-16,20-21H,8,11-12H2,1-3H3. The molecule has 2 aromatic rings. The van der Waals surface area contributed by atoms with Gasteiger partial charge in [-0.15, -0.1) is 0 Å². The molecule has 1 N–H and O–H groups in total. The van der Waals surface area contributed by atoms with Gasteiger partial charge in [-0.3, -0.25) is 0 Å². The van der Waals surface area contributed by atoms with E-state index in [1.807, 2.05) is 0 Å². The van der Waals surface area contributed by atoms with E-state index >= 15 is 0 Å². The molecule has 0 heterocycles. The molecule has 21 heavy (non-hydrogen) atoms. The molecule has 1 heteroatoms. The number of rotatable bonds is 3. The highest BCUT2D eigenvalue weighted by molar-refractivity contribution is 5.83. The second kappa shape index (κ2) is 6.19. The largest absolute Gasteiger partial charge is 0.307 e. The zero-order chi connectivity index (χ0) is 14.8. The van der Waals surface area contributed by atoms with Crippen LogP contribution in [0.3, 0.4) is 0 Å². The lowest BCUT2D eigenvalue weighted by Crippen LogP contribution is -2.40. The molecule has 1 fully saturated rings. The van der Waals surface area contributed by atoms with Crippen LogP contribution in [-0.2, 0) is 0 Å². The Morgan fingerprint density at radius 2 is 1.76 bits per heavy atom. The zero-order valence-corrected chi connectivity index (χ0v) is 13.5. The first-order valence-electron chi connectivity index (χ1n) is 8.38. The predicted octanol–water partition coefficient (Wildman–Crippen LogP) is 5.32. The summed E-state index contributed by atoms with van der Waals surface area (Å²) in [5, 5.41) is 6.54. The van der Waals surface area contributed by atoms with Crippen molar-refractivity contribution in [3.63, 3.8) is 0 Å². The van der Waals surface area contributed by atoms with Gasteiger partial charge >= 0.3 is 0 Å². The lowest BCUT2D eigenvalue weighted by Gasteiger charge is -2.35. The summed E-state index contributed by atoms with van der Waals surface area (Å²) in [5.74, 6) is 1.69. The van der Waals surface area contributed by atoms with Crippen molar-refractivity contribution >= 4 is 10.8 Å². The summed E-state index contributed by atoms with van der Waals surface area (Å²) in [5.41, 5.74) is 1.40. The van der Waals surface area contributed by atoms with E-state index in [0.29, 0.717) is 12.1 Å². The smallest absolute Gasteiger partial charge is 0.0294 e. The van der Waals surface area contributed by atoms with E-state index in [-0.39, 0.29) is 0 Å². The maximum absolute atomic E-state index is 3.87. The third-order valence-corrected chi connectivity index (χ3v) is 5.17. The molecule has 1 saturated carbocycles. The molecule has 1 aliphatic carbocycles. The van der Waals surface area contributed by atoms with E-state index in [2.05, 4.69) is 68.6 Å². The van der Waals surface area contributed by atoms with Crippen molar-refractivity contribution in [2.24, 2.45) is 11.8 Å². The lowest BCUT2D eigenvalue weighted by atomic mass is 9.79. The molecule has 0 amide bonds. The molecular formula is C20H27N. The zero-order valence-electron chi connectivity index (χ0n) is 13.5. The molecule has 4 atom stereocenters. The molecule has 2 aromatic carbocycles. The first kappa shape index (κ1) is 14.6. The fraction of sp³-hybridized carbons (Fsp3) is 0.500. The first-order chi connectivity index (χ1) is 10.1. The highest BCUT2D eigenvalue weighted by Gasteiger charge is 2.26. The minimum absolute atomic E-state index is 0.426. The van der Waals surface area contributed by atoms with Crippen LogP contribution in [0.2, 0.25) is 0 Å². The normalized spacial score (nSPS) is 27.7. The second-order valence-electron chi connectivity index (χ2n) is 7.00. The Bertz CT molecular complexity index is 604. The molecule has 0 aliphatic heterocycles. The Balaban J connectivity index is 1.73. The second-order valence-corrected chi connectivity index (χ2v) is 7.00. The van der Waals surface area contributed by atoms with Crippen molar-refractivity contribution in [3.05, 3.63) is 48.0 Å². The molecular weight excluding hydrogens is 254 g/mol. The van der Waals surface area contributed by atoms with Gasteiger partial charge in [-0.1, -0.05) is 50.2 Å². The van der Waals surface area contributed by atoms with Gasteiger partial charge in [-0.25, -0.2) is 0 Å². The predicted molar refractivity (Wildman–Crippen MR) is 91.5 cm³/mol. The topological polar surface area (TPSA) is 12.0 Å². The van der Waals surface area contributed by atoms with E-state index in [1.54, 1.807) is 0 Å². The van der Waals surface area contributed by atoms with Gasteiger partial charge in [0.15, 0.2) is 0 Å². The summed E-state index contributed by atoms with van der Waals surface area (Å²) in [4.78, 5) is 0. The molecule has 1 nitrogen and oxygen atoms in total. The Morgan fingerprint density at radius 3 is 2.52 bits per heavy atom. The van der Waals surface area contributed by atoms with Crippen LogP contribution in [0.1, 0.15) is 51.6 Å². The fourth-order valence-corrected chi connectivity index (χ4v) is 3.81. The van der Waals surface area contributed by atoms with Gasteiger partial charge in [0, 0.05) is 12.1 Å². The van der Waals surface area contributed by atoms with Crippen LogP contribution in [0.15, 0.2) is 42.5 Å². The van der Waals surface area contributed by atoms with E-state index in [4.69, 9.17) is 0 Å². The minimum atomic E-state index is 0.426. The summed E-state index contributed by atoms with van der Waals surface area (Å²) in [7, 11) is 0. The number of hydrogen-bond donors (Lipinski definition) is 1. The van der Waals surface area contributed by atoms with Crippen LogP contribution in [0.25, 0.3) is 10.8 Å². The van der Waals surface area contributed by atoms with Gasteiger partial charge in [0.25, 0.3) is 0 Å². The first-order valence-corrected chi connectivity index (χ1v) is 8.38. The lowest BCUT2D eigenvalue weighted by molar-refractivity contribution is 0.216. The fourth-order valence-electron chi connectivity index (χ4n) is 3.81. The number of fused-ring (bicyclic) bond motifs is 1. The van der Waals surface area contributed by atoms with Crippen molar-refractivity contribution in [1.82, 2.24) is 5.32 Å². The molecule has 0 bridgehead atoms. The molecule has 0 aromatic heterocycles. The highest BCUT2D eigenvalue weighted by Crippen LogP contribution is 2.30. The van der Waals surface area contributed by atoms with Crippen LogP contribution >= 0.6 is 0 Å². The third-order valence-electron chi connectivity index (χ3n) is 5.17. The summed E-state index contributed by atoms with van der Waals surface area (Å²) >= 11 is 0. The van der Waals surface area contributed by atoms with E-state index in [9.17, 15) is 0 Å². The maximum atomic E-state index is 3.87. The SMILES string of the molecule is CC1CCC(NC(C)c2ccc3ccccc3c2)C(C)C1. The maximum Gasteiger partial charge on any atom is 0.0294 e. The van der Waals surface area contributed by atoms with Gasteiger partial charge in [-0.2, -0.15) is 0 Å². The van der Waals surface area contributed by atoms with Crippen molar-refractivity contribution in [2.75, 3.05) is 0 Å². The van der Waals surface area contributed by atoms with Crippen molar-refractivity contribution in [1.29, 1.82) is 0 Å². The van der Waals surface area contributed by atoms with E-state index < -0.39 is 0 Å². The van der Waals surface area contributed by atoms with Crippen molar-refractivity contribution in [2.45, 2.75) is 52.1 Å². The average molecular weight is 281 g/mol. The average Bonchev–Trinajstić information content (AvgIpc) is 2.49. The molecule has 4 unspecified atom stereocenters. The van der Waals surface area contributed by atoms with Gasteiger partial charge < -0.3 is 5.32 Å². The van der Waals surface area contributed by atoms with Gasteiger partial charge in [0.2, 0.25) is 0 Å².